The molecule has 7 nitrogen and oxygen atoms in total. The molecule has 0 saturated carbocycles. The quantitative estimate of drug-likeness (QED) is 0.577. The number of piperazine rings is 1. The van der Waals surface area contributed by atoms with Crippen LogP contribution in [-0.4, -0.2) is 59.3 Å². The zero-order chi connectivity index (χ0) is 22.3. The Balaban J connectivity index is 1.21. The molecular weight excluding hydrogens is 422 g/mol. The molecule has 8 heteroatoms. The first kappa shape index (κ1) is 22.1. The second-order valence-corrected chi connectivity index (χ2v) is 8.79. The highest BCUT2D eigenvalue weighted by molar-refractivity contribution is 7.09. The summed E-state index contributed by atoms with van der Waals surface area (Å²) in [5.41, 5.74) is 3.62. The van der Waals surface area contributed by atoms with Crippen LogP contribution >= 0.6 is 11.3 Å². The predicted octanol–water partition coefficient (Wildman–Crippen LogP) is 3.52. The van der Waals surface area contributed by atoms with E-state index in [1.54, 1.807) is 35.6 Å². The number of hydrogen-bond donors (Lipinski definition) is 2. The molecule has 0 unspecified atom stereocenters. The topological polar surface area (TPSA) is 77.6 Å². The average molecular weight is 450 g/mol. The highest BCUT2D eigenvalue weighted by Crippen LogP contribution is 2.22. The summed E-state index contributed by atoms with van der Waals surface area (Å²) in [6, 6.07) is 17.4. The number of carbonyl (C=O) groups is 2. The third kappa shape index (κ3) is 6.23. The van der Waals surface area contributed by atoms with Gasteiger partial charge in [-0.2, -0.15) is 0 Å². The molecule has 166 valence electrons. The number of aromatic nitrogens is 1. The van der Waals surface area contributed by atoms with Gasteiger partial charge in [0.2, 0.25) is 11.8 Å². The van der Waals surface area contributed by atoms with Gasteiger partial charge >= 0.3 is 0 Å². The third-order valence-corrected chi connectivity index (χ3v) is 6.13. The fraction of sp³-hybridized carbons (Fsp3) is 0.292. The monoisotopic (exact) mass is 449 g/mol. The van der Waals surface area contributed by atoms with E-state index in [2.05, 4.69) is 37.9 Å². The van der Waals surface area contributed by atoms with Crippen molar-refractivity contribution in [3.63, 3.8) is 0 Å². The Morgan fingerprint density at radius 1 is 0.906 bits per heavy atom. The molecule has 2 aromatic carbocycles. The molecule has 0 aliphatic carbocycles. The summed E-state index contributed by atoms with van der Waals surface area (Å²) in [6.45, 7) is 6.22. The Hall–Kier alpha value is -3.07. The standard InChI is InChI=1S/C24H27N5O2S/c1-18(30)25-20-7-9-21(10-8-20)26-23(31)15-28-11-13-29(14-12-28)16-24-27-22(17-32-24)19-5-3-2-4-6-19/h2-10,17H,11-16H2,1H3,(H,25,30)(H,26,31). The van der Waals surface area contributed by atoms with E-state index < -0.39 is 0 Å². The molecule has 1 saturated heterocycles. The van der Waals surface area contributed by atoms with Crippen molar-refractivity contribution in [3.05, 3.63) is 65.0 Å². The smallest absolute Gasteiger partial charge is 0.238 e. The minimum atomic E-state index is -0.118. The molecule has 2 N–H and O–H groups in total. The van der Waals surface area contributed by atoms with E-state index in [0.29, 0.717) is 12.2 Å². The number of thiazole rings is 1. The molecule has 0 spiro atoms. The van der Waals surface area contributed by atoms with E-state index in [1.165, 1.54) is 6.92 Å². The lowest BCUT2D eigenvalue weighted by atomic mass is 10.2. The number of rotatable bonds is 7. The van der Waals surface area contributed by atoms with Crippen LogP contribution in [0.2, 0.25) is 0 Å². The van der Waals surface area contributed by atoms with Gasteiger partial charge in [-0.3, -0.25) is 19.4 Å². The first-order valence-electron chi connectivity index (χ1n) is 10.7. The van der Waals surface area contributed by atoms with Gasteiger partial charge < -0.3 is 10.6 Å². The lowest BCUT2D eigenvalue weighted by Gasteiger charge is -2.33. The number of nitrogens with zero attached hydrogens (tertiary/aromatic N) is 3. The van der Waals surface area contributed by atoms with E-state index in [4.69, 9.17) is 4.98 Å². The summed E-state index contributed by atoms with van der Waals surface area (Å²) in [4.78, 5) is 32.9. The Morgan fingerprint density at radius 2 is 1.53 bits per heavy atom. The van der Waals surface area contributed by atoms with Gasteiger partial charge in [0.25, 0.3) is 0 Å². The summed E-state index contributed by atoms with van der Waals surface area (Å²) in [7, 11) is 0. The summed E-state index contributed by atoms with van der Waals surface area (Å²) < 4.78 is 0. The van der Waals surface area contributed by atoms with Crippen molar-refractivity contribution in [2.75, 3.05) is 43.4 Å². The number of amides is 2. The van der Waals surface area contributed by atoms with E-state index in [0.717, 1.165) is 54.7 Å². The van der Waals surface area contributed by atoms with Gasteiger partial charge in [0.05, 0.1) is 18.8 Å². The Kier molecular flexibility index (Phi) is 7.26. The van der Waals surface area contributed by atoms with Gasteiger partial charge in [0.1, 0.15) is 5.01 Å². The minimum absolute atomic E-state index is 0.0295. The first-order valence-corrected chi connectivity index (χ1v) is 11.6. The number of hydrogen-bond acceptors (Lipinski definition) is 6. The molecule has 4 rings (SSSR count). The Bertz CT molecular complexity index is 1040. The van der Waals surface area contributed by atoms with Gasteiger partial charge in [0, 0.05) is 55.4 Å². The fourth-order valence-electron chi connectivity index (χ4n) is 3.67. The Morgan fingerprint density at radius 3 is 2.19 bits per heavy atom. The maximum absolute atomic E-state index is 12.4. The molecule has 2 amide bonds. The number of benzene rings is 2. The van der Waals surface area contributed by atoms with E-state index in [9.17, 15) is 9.59 Å². The van der Waals surface area contributed by atoms with Crippen molar-refractivity contribution in [3.8, 4) is 11.3 Å². The number of nitrogens with one attached hydrogen (secondary N) is 2. The molecule has 1 fully saturated rings. The predicted molar refractivity (Wildman–Crippen MR) is 129 cm³/mol. The lowest BCUT2D eigenvalue weighted by Crippen LogP contribution is -2.48. The maximum atomic E-state index is 12.4. The van der Waals surface area contributed by atoms with Gasteiger partial charge in [-0.15, -0.1) is 11.3 Å². The fourth-order valence-corrected chi connectivity index (χ4v) is 4.51. The lowest BCUT2D eigenvalue weighted by molar-refractivity contribution is -0.117. The van der Waals surface area contributed by atoms with Crippen molar-refractivity contribution in [2.45, 2.75) is 13.5 Å². The van der Waals surface area contributed by atoms with Crippen LogP contribution in [0.1, 0.15) is 11.9 Å². The molecule has 0 bridgehead atoms. The summed E-state index contributed by atoms with van der Waals surface area (Å²) in [5.74, 6) is -0.148. The highest BCUT2D eigenvalue weighted by Gasteiger charge is 2.20. The zero-order valence-electron chi connectivity index (χ0n) is 18.1. The normalized spacial score (nSPS) is 14.8. The van der Waals surface area contributed by atoms with Gasteiger partial charge in [0.15, 0.2) is 0 Å². The summed E-state index contributed by atoms with van der Waals surface area (Å²) in [5, 5.41) is 8.88. The van der Waals surface area contributed by atoms with Gasteiger partial charge in [-0.25, -0.2) is 4.98 Å². The van der Waals surface area contributed by atoms with Crippen molar-refractivity contribution in [1.29, 1.82) is 0 Å². The third-order valence-electron chi connectivity index (χ3n) is 5.30. The maximum Gasteiger partial charge on any atom is 0.238 e. The molecule has 2 heterocycles. The molecule has 3 aromatic rings. The molecular formula is C24H27N5O2S. The largest absolute Gasteiger partial charge is 0.326 e. The molecule has 1 aliphatic rings. The minimum Gasteiger partial charge on any atom is -0.326 e. The second-order valence-electron chi connectivity index (χ2n) is 7.85. The average Bonchev–Trinajstić information content (AvgIpc) is 3.25. The Labute approximate surface area is 192 Å². The van der Waals surface area contributed by atoms with Gasteiger partial charge in [-0.1, -0.05) is 30.3 Å². The molecule has 0 atom stereocenters. The van der Waals surface area contributed by atoms with Crippen molar-refractivity contribution >= 4 is 34.5 Å². The van der Waals surface area contributed by atoms with E-state index in [1.807, 2.05) is 18.2 Å². The van der Waals surface area contributed by atoms with Crippen molar-refractivity contribution in [2.24, 2.45) is 0 Å². The molecule has 32 heavy (non-hydrogen) atoms. The van der Waals surface area contributed by atoms with Crippen molar-refractivity contribution in [1.82, 2.24) is 14.8 Å². The van der Waals surface area contributed by atoms with Crippen LogP contribution in [0.3, 0.4) is 0 Å². The second kappa shape index (κ2) is 10.5. The van der Waals surface area contributed by atoms with Crippen LogP contribution in [0.25, 0.3) is 11.3 Å². The van der Waals surface area contributed by atoms with E-state index >= 15 is 0 Å². The highest BCUT2D eigenvalue weighted by atomic mass is 32.1. The van der Waals surface area contributed by atoms with Crippen LogP contribution in [0.15, 0.2) is 60.0 Å². The molecule has 0 radical (unpaired) electrons. The summed E-state index contributed by atoms with van der Waals surface area (Å²) >= 11 is 1.70. The zero-order valence-corrected chi connectivity index (χ0v) is 18.9. The number of anilines is 2. The van der Waals surface area contributed by atoms with Crippen LogP contribution in [-0.2, 0) is 16.1 Å². The van der Waals surface area contributed by atoms with Crippen LogP contribution < -0.4 is 10.6 Å². The molecule has 1 aromatic heterocycles. The summed E-state index contributed by atoms with van der Waals surface area (Å²) in [6.07, 6.45) is 0. The van der Waals surface area contributed by atoms with E-state index in [-0.39, 0.29) is 11.8 Å². The van der Waals surface area contributed by atoms with Crippen LogP contribution in [0, 0.1) is 0 Å². The SMILES string of the molecule is CC(=O)Nc1ccc(NC(=O)CN2CCN(Cc3nc(-c4ccccc4)cs3)CC2)cc1. The van der Waals surface area contributed by atoms with Crippen LogP contribution in [0.5, 0.6) is 0 Å². The molecule has 1 aliphatic heterocycles. The first-order chi connectivity index (χ1) is 15.5. The van der Waals surface area contributed by atoms with Gasteiger partial charge in [-0.05, 0) is 24.3 Å². The van der Waals surface area contributed by atoms with Crippen LogP contribution in [0.4, 0.5) is 11.4 Å². The number of carbonyl (C=O) groups excluding carboxylic acids is 2. The van der Waals surface area contributed by atoms with Crippen molar-refractivity contribution < 1.29 is 9.59 Å².